The molecule has 2 aromatic heterocycles. The summed E-state index contributed by atoms with van der Waals surface area (Å²) < 4.78 is 2.63. The molecular formula is C29H40N4Si. The quantitative estimate of drug-likeness (QED) is 0.366. The van der Waals surface area contributed by atoms with E-state index in [2.05, 4.69) is 112 Å². The zero-order valence-electron chi connectivity index (χ0n) is 21.5. The minimum absolute atomic E-state index is 0.560. The van der Waals surface area contributed by atoms with Gasteiger partial charge < -0.3 is 15.3 Å². The molecule has 3 heterocycles. The van der Waals surface area contributed by atoms with E-state index in [1.807, 2.05) is 12.3 Å². The van der Waals surface area contributed by atoms with E-state index in [1.54, 1.807) is 0 Å². The number of rotatable bonds is 8. The fourth-order valence-electron chi connectivity index (χ4n) is 6.35. The Balaban J connectivity index is 1.66. The van der Waals surface area contributed by atoms with E-state index >= 15 is 0 Å². The standard InChI is InChI=1S/C29H40N4Si/c1-21(2)34(22(3)4,23(5)6)33-20-26(27-13-10-16-31-28(27)33)17-25-14-15-29(30,32-19-25)18-24-11-8-7-9-12-24/h7-16,19-23,32H,17-18,30H2,1-6H3. The number of aromatic nitrogens is 2. The number of pyridine rings is 1. The van der Waals surface area contributed by atoms with E-state index in [-0.39, 0.29) is 0 Å². The summed E-state index contributed by atoms with van der Waals surface area (Å²) in [6, 6.07) is 14.7. The summed E-state index contributed by atoms with van der Waals surface area (Å²) in [7, 11) is -1.90. The molecule has 0 saturated carbocycles. The van der Waals surface area contributed by atoms with Crippen molar-refractivity contribution in [2.45, 2.75) is 76.7 Å². The van der Waals surface area contributed by atoms with Crippen LogP contribution in [0.4, 0.5) is 0 Å². The third-order valence-electron chi connectivity index (χ3n) is 7.69. The molecule has 4 rings (SSSR count). The number of fused-ring (bicyclic) bond motifs is 1. The van der Waals surface area contributed by atoms with E-state index in [1.165, 1.54) is 22.1 Å². The van der Waals surface area contributed by atoms with Gasteiger partial charge in [-0.1, -0.05) is 78.0 Å². The molecule has 5 heteroatoms. The van der Waals surface area contributed by atoms with Crippen LogP contribution in [0, 0.1) is 0 Å². The van der Waals surface area contributed by atoms with Crippen LogP contribution in [0.25, 0.3) is 11.0 Å². The van der Waals surface area contributed by atoms with Crippen molar-refractivity contribution in [3.8, 4) is 0 Å². The fourth-order valence-corrected chi connectivity index (χ4v) is 12.9. The molecule has 0 saturated heterocycles. The van der Waals surface area contributed by atoms with Crippen molar-refractivity contribution in [1.29, 1.82) is 0 Å². The molecule has 34 heavy (non-hydrogen) atoms. The van der Waals surface area contributed by atoms with Gasteiger partial charge in [-0.2, -0.15) is 0 Å². The van der Waals surface area contributed by atoms with Crippen molar-refractivity contribution in [3.05, 3.63) is 89.9 Å². The van der Waals surface area contributed by atoms with E-state index < -0.39 is 13.9 Å². The average Bonchev–Trinajstić information content (AvgIpc) is 3.14. The normalized spacial score (nSPS) is 18.7. The van der Waals surface area contributed by atoms with E-state index in [0.29, 0.717) is 16.6 Å². The molecule has 0 fully saturated rings. The topological polar surface area (TPSA) is 55.9 Å². The Morgan fingerprint density at radius 3 is 2.24 bits per heavy atom. The summed E-state index contributed by atoms with van der Waals surface area (Å²) in [4.78, 5) is 4.90. The first-order valence-electron chi connectivity index (χ1n) is 12.6. The maximum absolute atomic E-state index is 6.65. The molecule has 180 valence electrons. The largest absolute Gasteiger partial charge is 0.370 e. The highest BCUT2D eigenvalue weighted by atomic mass is 28.3. The van der Waals surface area contributed by atoms with Crippen LogP contribution < -0.4 is 11.1 Å². The molecule has 1 atom stereocenters. The molecule has 3 aromatic rings. The van der Waals surface area contributed by atoms with Crippen LogP contribution in [0.2, 0.25) is 16.6 Å². The Labute approximate surface area is 206 Å². The van der Waals surface area contributed by atoms with Crippen molar-refractivity contribution in [2.24, 2.45) is 5.73 Å². The van der Waals surface area contributed by atoms with Crippen LogP contribution in [0.1, 0.15) is 52.7 Å². The van der Waals surface area contributed by atoms with Crippen molar-refractivity contribution in [3.63, 3.8) is 0 Å². The van der Waals surface area contributed by atoms with Gasteiger partial charge in [-0.25, -0.2) is 4.98 Å². The summed E-state index contributed by atoms with van der Waals surface area (Å²) in [5, 5.41) is 4.74. The molecule has 1 unspecified atom stereocenters. The Morgan fingerprint density at radius 1 is 0.971 bits per heavy atom. The van der Waals surface area contributed by atoms with Crippen LogP contribution in [-0.4, -0.2) is 23.1 Å². The van der Waals surface area contributed by atoms with Crippen molar-refractivity contribution < 1.29 is 0 Å². The molecule has 3 N–H and O–H groups in total. The first kappa shape index (κ1) is 24.5. The van der Waals surface area contributed by atoms with Crippen LogP contribution in [0.3, 0.4) is 0 Å². The smallest absolute Gasteiger partial charge is 0.171 e. The van der Waals surface area contributed by atoms with Crippen LogP contribution in [-0.2, 0) is 12.8 Å². The maximum Gasteiger partial charge on any atom is 0.171 e. The monoisotopic (exact) mass is 472 g/mol. The lowest BCUT2D eigenvalue weighted by Gasteiger charge is -2.44. The third kappa shape index (κ3) is 4.39. The molecule has 1 aliphatic heterocycles. The highest BCUT2D eigenvalue weighted by Crippen LogP contribution is 2.44. The Kier molecular flexibility index (Phi) is 6.88. The SMILES string of the molecule is CC(C)[Si](C(C)C)(C(C)C)n1cc(CC2=CNC(N)(Cc3ccccc3)C=C2)c2cccnc21. The number of hydrogen-bond acceptors (Lipinski definition) is 3. The maximum atomic E-state index is 6.65. The molecule has 0 bridgehead atoms. The number of hydrogen-bond donors (Lipinski definition) is 2. The molecular weight excluding hydrogens is 432 g/mol. The zero-order chi connectivity index (χ0) is 24.5. The van der Waals surface area contributed by atoms with Gasteiger partial charge in [0, 0.05) is 36.8 Å². The van der Waals surface area contributed by atoms with E-state index in [0.717, 1.165) is 18.5 Å². The van der Waals surface area contributed by atoms with Gasteiger partial charge in [0.1, 0.15) is 11.3 Å². The third-order valence-corrected chi connectivity index (χ3v) is 14.4. The molecule has 1 aliphatic rings. The lowest BCUT2D eigenvalue weighted by molar-refractivity contribution is 0.463. The number of benzene rings is 1. The number of allylic oxidation sites excluding steroid dienone is 2. The van der Waals surface area contributed by atoms with Crippen molar-refractivity contribution in [1.82, 2.24) is 14.5 Å². The summed E-state index contributed by atoms with van der Waals surface area (Å²) >= 11 is 0. The zero-order valence-corrected chi connectivity index (χ0v) is 22.5. The Hall–Kier alpha value is -2.63. The number of dihydropyridines is 1. The van der Waals surface area contributed by atoms with Gasteiger partial charge in [0.05, 0.1) is 0 Å². The highest BCUT2D eigenvalue weighted by Gasteiger charge is 2.46. The minimum atomic E-state index is -1.90. The van der Waals surface area contributed by atoms with Crippen LogP contribution in [0.15, 0.2) is 78.8 Å². The minimum Gasteiger partial charge on any atom is -0.370 e. The first-order chi connectivity index (χ1) is 16.2. The fraction of sp³-hybridized carbons (Fsp3) is 0.414. The summed E-state index contributed by atoms with van der Waals surface area (Å²) in [5.74, 6) is 0. The molecule has 0 amide bonds. The second kappa shape index (κ2) is 9.55. The first-order valence-corrected chi connectivity index (χ1v) is 14.8. The molecule has 0 spiro atoms. The summed E-state index contributed by atoms with van der Waals surface area (Å²) in [5.41, 5.74) is 12.9. The summed E-state index contributed by atoms with van der Waals surface area (Å²) in [6.45, 7) is 14.4. The van der Waals surface area contributed by atoms with Gasteiger partial charge >= 0.3 is 0 Å². The molecule has 0 radical (unpaired) electrons. The molecule has 0 aliphatic carbocycles. The number of nitrogens with one attached hydrogen (secondary N) is 1. The summed E-state index contributed by atoms with van der Waals surface area (Å²) in [6.07, 6.45) is 12.4. The molecule has 4 nitrogen and oxygen atoms in total. The predicted molar refractivity (Wildman–Crippen MR) is 147 cm³/mol. The highest BCUT2D eigenvalue weighted by molar-refractivity contribution is 6.82. The van der Waals surface area contributed by atoms with E-state index in [9.17, 15) is 0 Å². The van der Waals surface area contributed by atoms with Gasteiger partial charge in [0.15, 0.2) is 8.24 Å². The second-order valence-electron chi connectivity index (χ2n) is 10.8. The van der Waals surface area contributed by atoms with Crippen LogP contribution in [0.5, 0.6) is 0 Å². The lowest BCUT2D eigenvalue weighted by atomic mass is 9.95. The van der Waals surface area contributed by atoms with Gasteiger partial charge in [-0.15, -0.1) is 0 Å². The lowest BCUT2D eigenvalue weighted by Crippen LogP contribution is -2.52. The van der Waals surface area contributed by atoms with Crippen molar-refractivity contribution >= 4 is 19.3 Å². The number of nitrogens with two attached hydrogens (primary N) is 1. The van der Waals surface area contributed by atoms with Gasteiger partial charge in [0.25, 0.3) is 0 Å². The Morgan fingerprint density at radius 2 is 1.65 bits per heavy atom. The van der Waals surface area contributed by atoms with Gasteiger partial charge in [-0.3, -0.25) is 0 Å². The van der Waals surface area contributed by atoms with E-state index in [4.69, 9.17) is 10.7 Å². The van der Waals surface area contributed by atoms with Gasteiger partial charge in [0.2, 0.25) is 0 Å². The predicted octanol–water partition coefficient (Wildman–Crippen LogP) is 6.54. The average molecular weight is 473 g/mol. The number of nitrogens with zero attached hydrogens (tertiary/aromatic N) is 2. The van der Waals surface area contributed by atoms with Gasteiger partial charge in [-0.05, 0) is 51.5 Å². The van der Waals surface area contributed by atoms with Crippen LogP contribution >= 0.6 is 0 Å². The second-order valence-corrected chi connectivity index (χ2v) is 16.5. The Bertz CT molecular complexity index is 1170. The van der Waals surface area contributed by atoms with Crippen molar-refractivity contribution in [2.75, 3.05) is 0 Å². The molecule has 1 aromatic carbocycles.